The van der Waals surface area contributed by atoms with Gasteiger partial charge >= 0.3 is 0 Å². The molecule has 4 nitrogen and oxygen atoms in total. The zero-order chi connectivity index (χ0) is 14.3. The van der Waals surface area contributed by atoms with Crippen molar-refractivity contribution >= 4 is 0 Å². The molecule has 1 heterocycles. The largest absolute Gasteiger partial charge is 0.306 e. The van der Waals surface area contributed by atoms with Crippen molar-refractivity contribution in [3.63, 3.8) is 0 Å². The molecule has 0 amide bonds. The zero-order valence-corrected chi connectivity index (χ0v) is 13.1. The van der Waals surface area contributed by atoms with Gasteiger partial charge in [-0.2, -0.15) is 5.26 Å². The van der Waals surface area contributed by atoms with Crippen molar-refractivity contribution < 1.29 is 0 Å². The number of hydrogen-bond acceptors (Lipinski definition) is 4. The number of rotatable bonds is 8. The van der Waals surface area contributed by atoms with E-state index in [2.05, 4.69) is 42.2 Å². The molecule has 1 N–H and O–H groups in total. The SMILES string of the molecule is CCNC(C)(C#N)CCCN(C)CC1CCN(C)C1. The Labute approximate surface area is 118 Å². The van der Waals surface area contributed by atoms with Crippen LogP contribution in [0.5, 0.6) is 0 Å². The molecule has 4 heteroatoms. The molecule has 0 aromatic carbocycles. The summed E-state index contributed by atoms with van der Waals surface area (Å²) in [6.07, 6.45) is 3.33. The Kier molecular flexibility index (Phi) is 6.78. The number of nitrogens with zero attached hydrogens (tertiary/aromatic N) is 3. The maximum absolute atomic E-state index is 9.21. The molecule has 0 radical (unpaired) electrons. The van der Waals surface area contributed by atoms with Gasteiger partial charge in [0.05, 0.1) is 6.07 Å². The quantitative estimate of drug-likeness (QED) is 0.724. The molecule has 0 spiro atoms. The van der Waals surface area contributed by atoms with E-state index in [-0.39, 0.29) is 5.54 Å². The third kappa shape index (κ3) is 5.90. The molecule has 1 aliphatic rings. The first kappa shape index (κ1) is 16.4. The summed E-state index contributed by atoms with van der Waals surface area (Å²) in [6, 6.07) is 2.40. The first-order chi connectivity index (χ1) is 8.99. The summed E-state index contributed by atoms with van der Waals surface area (Å²) in [4.78, 5) is 4.84. The van der Waals surface area contributed by atoms with Gasteiger partial charge in [0.15, 0.2) is 0 Å². The van der Waals surface area contributed by atoms with Gasteiger partial charge < -0.3 is 9.80 Å². The molecule has 0 aromatic rings. The van der Waals surface area contributed by atoms with E-state index in [1.54, 1.807) is 0 Å². The van der Waals surface area contributed by atoms with E-state index in [1.807, 2.05) is 6.92 Å². The maximum Gasteiger partial charge on any atom is 0.103 e. The van der Waals surface area contributed by atoms with Crippen LogP contribution < -0.4 is 5.32 Å². The van der Waals surface area contributed by atoms with Crippen molar-refractivity contribution in [2.24, 2.45) is 5.92 Å². The van der Waals surface area contributed by atoms with E-state index in [9.17, 15) is 5.26 Å². The second kappa shape index (κ2) is 7.84. The minimum Gasteiger partial charge on any atom is -0.306 e. The average molecular weight is 266 g/mol. The summed E-state index contributed by atoms with van der Waals surface area (Å²) in [6.45, 7) is 9.66. The first-order valence-corrected chi connectivity index (χ1v) is 7.52. The van der Waals surface area contributed by atoms with Crippen LogP contribution >= 0.6 is 0 Å². The van der Waals surface area contributed by atoms with Crippen LogP contribution in [-0.2, 0) is 0 Å². The van der Waals surface area contributed by atoms with E-state index in [0.717, 1.165) is 31.8 Å². The molecule has 19 heavy (non-hydrogen) atoms. The van der Waals surface area contributed by atoms with Crippen LogP contribution in [0.2, 0.25) is 0 Å². The van der Waals surface area contributed by atoms with Gasteiger partial charge in [0.2, 0.25) is 0 Å². The predicted octanol–water partition coefficient (Wildman–Crippen LogP) is 1.54. The van der Waals surface area contributed by atoms with Crippen LogP contribution in [0.4, 0.5) is 0 Å². The number of hydrogen-bond donors (Lipinski definition) is 1. The van der Waals surface area contributed by atoms with Gasteiger partial charge in [-0.1, -0.05) is 6.92 Å². The van der Waals surface area contributed by atoms with E-state index in [0.29, 0.717) is 0 Å². The summed E-state index contributed by atoms with van der Waals surface area (Å²) < 4.78 is 0. The predicted molar refractivity (Wildman–Crippen MR) is 80.0 cm³/mol. The molecule has 2 atom stereocenters. The van der Waals surface area contributed by atoms with E-state index >= 15 is 0 Å². The van der Waals surface area contributed by atoms with Crippen LogP contribution in [0.1, 0.15) is 33.1 Å². The highest BCUT2D eigenvalue weighted by Crippen LogP contribution is 2.16. The Morgan fingerprint density at radius 3 is 2.79 bits per heavy atom. The summed E-state index contributed by atoms with van der Waals surface area (Å²) in [5.74, 6) is 0.825. The fourth-order valence-electron chi connectivity index (χ4n) is 2.98. The monoisotopic (exact) mass is 266 g/mol. The van der Waals surface area contributed by atoms with Gasteiger partial charge in [-0.3, -0.25) is 5.32 Å². The lowest BCUT2D eigenvalue weighted by Crippen LogP contribution is -2.41. The average Bonchev–Trinajstić information content (AvgIpc) is 2.75. The zero-order valence-electron chi connectivity index (χ0n) is 13.1. The Morgan fingerprint density at radius 1 is 1.53 bits per heavy atom. The van der Waals surface area contributed by atoms with Crippen molar-refractivity contribution in [1.82, 2.24) is 15.1 Å². The molecule has 1 aliphatic heterocycles. The summed E-state index contributed by atoms with van der Waals surface area (Å²) in [7, 11) is 4.41. The number of nitrogens with one attached hydrogen (secondary N) is 1. The molecule has 0 saturated carbocycles. The second-order valence-electron chi connectivity index (χ2n) is 6.26. The van der Waals surface area contributed by atoms with Gasteiger partial charge in [-0.05, 0) is 65.8 Å². The number of nitriles is 1. The maximum atomic E-state index is 9.21. The summed E-state index contributed by atoms with van der Waals surface area (Å²) >= 11 is 0. The molecule has 1 saturated heterocycles. The minimum atomic E-state index is -0.358. The summed E-state index contributed by atoms with van der Waals surface area (Å²) in [5.41, 5.74) is -0.358. The van der Waals surface area contributed by atoms with Gasteiger partial charge in [0.25, 0.3) is 0 Å². The van der Waals surface area contributed by atoms with Crippen LogP contribution in [0, 0.1) is 17.2 Å². The van der Waals surface area contributed by atoms with Gasteiger partial charge in [0.1, 0.15) is 5.54 Å². The van der Waals surface area contributed by atoms with Crippen LogP contribution in [0.25, 0.3) is 0 Å². The molecule has 1 fully saturated rings. The lowest BCUT2D eigenvalue weighted by atomic mass is 9.97. The molecule has 110 valence electrons. The Morgan fingerprint density at radius 2 is 2.26 bits per heavy atom. The molecular formula is C15H30N4. The van der Waals surface area contributed by atoms with E-state index in [1.165, 1.54) is 26.1 Å². The van der Waals surface area contributed by atoms with Crippen LogP contribution in [0.15, 0.2) is 0 Å². The Bertz CT molecular complexity index is 299. The molecule has 0 aromatic heterocycles. The number of likely N-dealkylation sites (tertiary alicyclic amines) is 1. The summed E-state index contributed by atoms with van der Waals surface area (Å²) in [5, 5.41) is 12.5. The van der Waals surface area contributed by atoms with E-state index < -0.39 is 0 Å². The highest BCUT2D eigenvalue weighted by Gasteiger charge is 2.23. The van der Waals surface area contributed by atoms with E-state index in [4.69, 9.17) is 0 Å². The highest BCUT2D eigenvalue weighted by molar-refractivity contribution is 5.03. The standard InChI is InChI=1S/C15H30N4/c1-5-17-15(2,13-16)8-6-9-18(3)11-14-7-10-19(4)12-14/h14,17H,5-12H2,1-4H3. The molecular weight excluding hydrogens is 236 g/mol. The lowest BCUT2D eigenvalue weighted by molar-refractivity contribution is 0.260. The van der Waals surface area contributed by atoms with Crippen molar-refractivity contribution in [1.29, 1.82) is 5.26 Å². The fraction of sp³-hybridized carbons (Fsp3) is 0.933. The minimum absolute atomic E-state index is 0.358. The van der Waals surface area contributed by atoms with Crippen LogP contribution in [-0.4, -0.2) is 62.2 Å². The molecule has 2 unspecified atom stereocenters. The third-order valence-corrected chi connectivity index (χ3v) is 4.09. The third-order valence-electron chi connectivity index (χ3n) is 4.09. The molecule has 0 bridgehead atoms. The van der Waals surface area contributed by atoms with Crippen molar-refractivity contribution in [2.75, 3.05) is 46.8 Å². The molecule has 0 aliphatic carbocycles. The normalized spacial score (nSPS) is 23.5. The van der Waals surface area contributed by atoms with Crippen molar-refractivity contribution in [3.05, 3.63) is 0 Å². The van der Waals surface area contributed by atoms with Crippen molar-refractivity contribution in [2.45, 2.75) is 38.6 Å². The van der Waals surface area contributed by atoms with Gasteiger partial charge in [-0.25, -0.2) is 0 Å². The lowest BCUT2D eigenvalue weighted by Gasteiger charge is -2.25. The smallest absolute Gasteiger partial charge is 0.103 e. The van der Waals surface area contributed by atoms with Gasteiger partial charge in [0, 0.05) is 13.1 Å². The van der Waals surface area contributed by atoms with Crippen molar-refractivity contribution in [3.8, 4) is 6.07 Å². The second-order valence-corrected chi connectivity index (χ2v) is 6.26. The van der Waals surface area contributed by atoms with Gasteiger partial charge in [-0.15, -0.1) is 0 Å². The first-order valence-electron chi connectivity index (χ1n) is 7.52. The topological polar surface area (TPSA) is 42.3 Å². The molecule has 1 rings (SSSR count). The Hall–Kier alpha value is -0.630. The van der Waals surface area contributed by atoms with Crippen LogP contribution in [0.3, 0.4) is 0 Å². The Balaban J connectivity index is 2.19. The highest BCUT2D eigenvalue weighted by atomic mass is 15.1. The fourth-order valence-corrected chi connectivity index (χ4v) is 2.98.